The van der Waals surface area contributed by atoms with Crippen LogP contribution >= 0.6 is 11.6 Å². The van der Waals surface area contributed by atoms with Crippen LogP contribution in [-0.4, -0.2) is 54.4 Å². The number of amides is 3. The fourth-order valence-electron chi connectivity index (χ4n) is 3.13. The van der Waals surface area contributed by atoms with Gasteiger partial charge in [0.25, 0.3) is 0 Å². The lowest BCUT2D eigenvalue weighted by Gasteiger charge is -2.31. The zero-order chi connectivity index (χ0) is 21.4. The molecule has 29 heavy (non-hydrogen) atoms. The third kappa shape index (κ3) is 7.24. The molecular formula is C21H30ClN3O4. The number of hydrogen-bond acceptors (Lipinski definition) is 4. The summed E-state index contributed by atoms with van der Waals surface area (Å²) in [6.45, 7) is 7.39. The van der Waals surface area contributed by atoms with Gasteiger partial charge in [-0.3, -0.25) is 14.4 Å². The van der Waals surface area contributed by atoms with E-state index in [9.17, 15) is 14.4 Å². The third-order valence-electron chi connectivity index (χ3n) is 4.69. The highest BCUT2D eigenvalue weighted by molar-refractivity contribution is 6.32. The number of benzene rings is 1. The van der Waals surface area contributed by atoms with Gasteiger partial charge in [0.1, 0.15) is 5.75 Å². The van der Waals surface area contributed by atoms with E-state index in [1.807, 2.05) is 32.9 Å². The molecule has 0 bridgehead atoms. The second kappa shape index (κ2) is 10.5. The number of para-hydroxylation sites is 1. The van der Waals surface area contributed by atoms with Crippen LogP contribution in [0.2, 0.25) is 5.02 Å². The van der Waals surface area contributed by atoms with E-state index >= 15 is 0 Å². The Hall–Kier alpha value is -2.28. The van der Waals surface area contributed by atoms with Crippen LogP contribution in [0.5, 0.6) is 5.75 Å². The summed E-state index contributed by atoms with van der Waals surface area (Å²) in [7, 11) is 0. The predicted molar refractivity (Wildman–Crippen MR) is 112 cm³/mol. The maximum absolute atomic E-state index is 12.3. The molecule has 8 heteroatoms. The monoisotopic (exact) mass is 423 g/mol. The molecule has 0 spiro atoms. The molecule has 3 amide bonds. The Morgan fingerprint density at radius 3 is 2.55 bits per heavy atom. The van der Waals surface area contributed by atoms with Crippen LogP contribution in [0.15, 0.2) is 24.3 Å². The largest absolute Gasteiger partial charge is 0.492 e. The van der Waals surface area contributed by atoms with Gasteiger partial charge in [0.2, 0.25) is 17.7 Å². The molecule has 1 aliphatic rings. The number of nitrogens with zero attached hydrogens (tertiary/aromatic N) is 1. The van der Waals surface area contributed by atoms with Crippen molar-refractivity contribution in [2.24, 2.45) is 5.92 Å². The van der Waals surface area contributed by atoms with Crippen molar-refractivity contribution in [3.63, 3.8) is 0 Å². The first-order chi connectivity index (χ1) is 13.7. The number of halogens is 1. The van der Waals surface area contributed by atoms with E-state index in [0.29, 0.717) is 49.9 Å². The van der Waals surface area contributed by atoms with Crippen molar-refractivity contribution in [1.82, 2.24) is 15.5 Å². The molecule has 0 aliphatic carbocycles. The fourth-order valence-corrected chi connectivity index (χ4v) is 3.32. The predicted octanol–water partition coefficient (Wildman–Crippen LogP) is 2.38. The molecule has 2 N–H and O–H groups in total. The number of carbonyl (C=O) groups is 3. The summed E-state index contributed by atoms with van der Waals surface area (Å²) in [5, 5.41) is 6.11. The third-order valence-corrected chi connectivity index (χ3v) is 5.01. The van der Waals surface area contributed by atoms with Crippen molar-refractivity contribution in [2.75, 3.05) is 26.2 Å². The van der Waals surface area contributed by atoms with Gasteiger partial charge >= 0.3 is 0 Å². The second-order valence-electron chi connectivity index (χ2n) is 8.10. The van der Waals surface area contributed by atoms with Crippen LogP contribution in [-0.2, 0) is 14.4 Å². The van der Waals surface area contributed by atoms with Crippen molar-refractivity contribution in [2.45, 2.75) is 45.6 Å². The summed E-state index contributed by atoms with van der Waals surface area (Å²) in [6, 6.07) is 7.20. The molecule has 1 aliphatic heterocycles. The van der Waals surface area contributed by atoms with Crippen LogP contribution < -0.4 is 15.4 Å². The van der Waals surface area contributed by atoms with Gasteiger partial charge in [-0.2, -0.15) is 0 Å². The van der Waals surface area contributed by atoms with Gasteiger partial charge in [-0.1, -0.05) is 23.7 Å². The zero-order valence-electron chi connectivity index (χ0n) is 17.3. The minimum absolute atomic E-state index is 0.00459. The summed E-state index contributed by atoms with van der Waals surface area (Å²) < 4.78 is 5.54. The normalized spacial score (nSPS) is 16.6. The standard InChI is InChI=1S/C21H30ClN3O4/c1-21(2,3)25-14-15(13-19(25)27)20(28)24-11-10-23-18(26)9-6-12-29-17-8-5-4-7-16(17)22/h4-5,7-8,15H,6,9-14H2,1-3H3,(H,23,26)(H,24,28). The zero-order valence-corrected chi connectivity index (χ0v) is 18.1. The van der Waals surface area contributed by atoms with E-state index in [4.69, 9.17) is 16.3 Å². The molecule has 1 atom stereocenters. The van der Waals surface area contributed by atoms with E-state index in [1.165, 1.54) is 0 Å². The summed E-state index contributed by atoms with van der Waals surface area (Å²) in [4.78, 5) is 37.9. The van der Waals surface area contributed by atoms with Gasteiger partial charge in [0.15, 0.2) is 0 Å². The first-order valence-electron chi connectivity index (χ1n) is 9.90. The number of hydrogen-bond donors (Lipinski definition) is 2. The molecule has 1 unspecified atom stereocenters. The number of likely N-dealkylation sites (tertiary alicyclic amines) is 1. The lowest BCUT2D eigenvalue weighted by atomic mass is 10.1. The Kier molecular flexibility index (Phi) is 8.32. The van der Waals surface area contributed by atoms with Gasteiger partial charge in [-0.05, 0) is 39.3 Å². The lowest BCUT2D eigenvalue weighted by molar-refractivity contribution is -0.132. The topological polar surface area (TPSA) is 87.7 Å². The van der Waals surface area contributed by atoms with Crippen molar-refractivity contribution >= 4 is 29.3 Å². The first kappa shape index (κ1) is 23.0. The van der Waals surface area contributed by atoms with Crippen LogP contribution in [0.1, 0.15) is 40.0 Å². The minimum Gasteiger partial charge on any atom is -0.492 e. The van der Waals surface area contributed by atoms with Crippen LogP contribution in [0.3, 0.4) is 0 Å². The van der Waals surface area contributed by atoms with Gasteiger partial charge in [0.05, 0.1) is 17.5 Å². The number of rotatable bonds is 9. The minimum atomic E-state index is -0.334. The van der Waals surface area contributed by atoms with Crippen molar-refractivity contribution in [3.05, 3.63) is 29.3 Å². The number of carbonyl (C=O) groups excluding carboxylic acids is 3. The maximum Gasteiger partial charge on any atom is 0.225 e. The van der Waals surface area contributed by atoms with E-state index < -0.39 is 0 Å². The quantitative estimate of drug-likeness (QED) is 0.597. The highest BCUT2D eigenvalue weighted by Gasteiger charge is 2.39. The van der Waals surface area contributed by atoms with E-state index in [2.05, 4.69) is 10.6 Å². The fraction of sp³-hybridized carbons (Fsp3) is 0.571. The Morgan fingerprint density at radius 1 is 1.21 bits per heavy atom. The van der Waals surface area contributed by atoms with E-state index in [0.717, 1.165) is 0 Å². The SMILES string of the molecule is CC(C)(C)N1CC(C(=O)NCCNC(=O)CCCOc2ccccc2Cl)CC1=O. The molecule has 1 heterocycles. The van der Waals surface area contributed by atoms with Gasteiger partial charge in [0, 0.05) is 38.0 Å². The van der Waals surface area contributed by atoms with Crippen molar-refractivity contribution in [3.8, 4) is 5.75 Å². The molecule has 1 aromatic rings. The molecule has 0 saturated carbocycles. The van der Waals surface area contributed by atoms with Crippen LogP contribution in [0.25, 0.3) is 0 Å². The molecule has 7 nitrogen and oxygen atoms in total. The second-order valence-corrected chi connectivity index (χ2v) is 8.51. The maximum atomic E-state index is 12.3. The molecule has 1 saturated heterocycles. The smallest absolute Gasteiger partial charge is 0.225 e. The summed E-state index contributed by atoms with van der Waals surface area (Å²) in [5.41, 5.74) is -0.282. The molecule has 0 aromatic heterocycles. The lowest BCUT2D eigenvalue weighted by Crippen LogP contribution is -2.43. The Morgan fingerprint density at radius 2 is 1.90 bits per heavy atom. The Labute approximate surface area is 177 Å². The van der Waals surface area contributed by atoms with Gasteiger partial charge in [-0.15, -0.1) is 0 Å². The highest BCUT2D eigenvalue weighted by Crippen LogP contribution is 2.25. The number of nitrogens with one attached hydrogen (secondary N) is 2. The molecular weight excluding hydrogens is 394 g/mol. The van der Waals surface area contributed by atoms with Crippen molar-refractivity contribution in [1.29, 1.82) is 0 Å². The first-order valence-corrected chi connectivity index (χ1v) is 10.3. The average molecular weight is 424 g/mol. The van der Waals surface area contributed by atoms with Crippen molar-refractivity contribution < 1.29 is 19.1 Å². The Balaban J connectivity index is 1.57. The summed E-state index contributed by atoms with van der Waals surface area (Å²) in [5.74, 6) is 0.0292. The summed E-state index contributed by atoms with van der Waals surface area (Å²) >= 11 is 6.00. The van der Waals surface area contributed by atoms with Crippen LogP contribution in [0.4, 0.5) is 0 Å². The summed E-state index contributed by atoms with van der Waals surface area (Å²) in [6.07, 6.45) is 1.13. The molecule has 160 valence electrons. The van der Waals surface area contributed by atoms with Gasteiger partial charge < -0.3 is 20.3 Å². The van der Waals surface area contributed by atoms with Gasteiger partial charge in [-0.25, -0.2) is 0 Å². The average Bonchev–Trinajstić information content (AvgIpc) is 3.06. The molecule has 1 fully saturated rings. The highest BCUT2D eigenvalue weighted by atomic mass is 35.5. The molecule has 1 aromatic carbocycles. The molecule has 0 radical (unpaired) electrons. The van der Waals surface area contributed by atoms with Crippen LogP contribution in [0, 0.1) is 5.92 Å². The van der Waals surface area contributed by atoms with E-state index in [-0.39, 0.29) is 35.6 Å². The van der Waals surface area contributed by atoms with E-state index in [1.54, 1.807) is 17.0 Å². The number of ether oxygens (including phenoxy) is 1. The molecule has 2 rings (SSSR count). The Bertz CT molecular complexity index is 733.